The third-order valence-electron chi connectivity index (χ3n) is 4.07. The predicted octanol–water partition coefficient (Wildman–Crippen LogP) is 2.92. The van der Waals surface area contributed by atoms with Crippen molar-refractivity contribution in [3.8, 4) is 22.8 Å². The zero-order valence-corrected chi connectivity index (χ0v) is 14.5. The topological polar surface area (TPSA) is 81.3 Å². The normalized spacial score (nSPS) is 14.4. The fraction of sp³-hybridized carbons (Fsp3) is 0.222. The molecule has 0 saturated carbocycles. The van der Waals surface area contributed by atoms with Gasteiger partial charge < -0.3 is 14.2 Å². The van der Waals surface area contributed by atoms with Gasteiger partial charge in [0.25, 0.3) is 11.8 Å². The molecule has 2 aromatic heterocycles. The van der Waals surface area contributed by atoms with Crippen LogP contribution in [0.3, 0.4) is 0 Å². The second-order valence-electron chi connectivity index (χ2n) is 5.78. The van der Waals surface area contributed by atoms with Crippen LogP contribution in [0.25, 0.3) is 22.8 Å². The number of hydrogen-bond acceptors (Lipinski definition) is 6. The van der Waals surface area contributed by atoms with Crippen molar-refractivity contribution in [2.24, 2.45) is 0 Å². The molecule has 26 heavy (non-hydrogen) atoms. The maximum Gasteiger partial charge on any atom is 0.259 e. The van der Waals surface area contributed by atoms with E-state index in [0.29, 0.717) is 59.9 Å². The highest BCUT2D eigenvalue weighted by molar-refractivity contribution is 6.29. The molecule has 0 aliphatic carbocycles. The van der Waals surface area contributed by atoms with Gasteiger partial charge in [-0.2, -0.15) is 4.98 Å². The quantitative estimate of drug-likeness (QED) is 0.659. The van der Waals surface area contributed by atoms with Gasteiger partial charge in [-0.05, 0) is 24.3 Å². The number of aromatic nitrogens is 3. The maximum absolute atomic E-state index is 12.6. The average Bonchev–Trinajstić information content (AvgIpc) is 3.19. The zero-order chi connectivity index (χ0) is 17.9. The fourth-order valence-electron chi connectivity index (χ4n) is 2.70. The summed E-state index contributed by atoms with van der Waals surface area (Å²) < 4.78 is 10.6. The van der Waals surface area contributed by atoms with Crippen LogP contribution < -0.4 is 0 Å². The zero-order valence-electron chi connectivity index (χ0n) is 13.8. The Hall–Kier alpha value is -2.77. The summed E-state index contributed by atoms with van der Waals surface area (Å²) in [4.78, 5) is 22.8. The lowest BCUT2D eigenvalue weighted by Crippen LogP contribution is -2.40. The Morgan fingerprint density at radius 2 is 1.96 bits per heavy atom. The molecule has 0 atom stereocenters. The van der Waals surface area contributed by atoms with E-state index in [2.05, 4.69) is 15.1 Å². The highest BCUT2D eigenvalue weighted by Gasteiger charge is 2.19. The third kappa shape index (κ3) is 3.44. The molecule has 8 heteroatoms. The molecule has 0 unspecified atom stereocenters. The number of morpholine rings is 1. The van der Waals surface area contributed by atoms with E-state index >= 15 is 0 Å². The van der Waals surface area contributed by atoms with Gasteiger partial charge in [-0.1, -0.05) is 28.9 Å². The van der Waals surface area contributed by atoms with Crippen LogP contribution in [-0.4, -0.2) is 52.2 Å². The van der Waals surface area contributed by atoms with Crippen LogP contribution in [0.4, 0.5) is 0 Å². The highest BCUT2D eigenvalue weighted by Crippen LogP contribution is 2.23. The summed E-state index contributed by atoms with van der Waals surface area (Å²) in [7, 11) is 0. The van der Waals surface area contributed by atoms with Gasteiger partial charge in [0.05, 0.1) is 18.8 Å². The van der Waals surface area contributed by atoms with Gasteiger partial charge in [0.2, 0.25) is 5.82 Å². The Balaban J connectivity index is 1.58. The summed E-state index contributed by atoms with van der Waals surface area (Å²) in [6.45, 7) is 2.32. The molecule has 1 aromatic carbocycles. The lowest BCUT2D eigenvalue weighted by Gasteiger charge is -2.26. The largest absolute Gasteiger partial charge is 0.378 e. The van der Waals surface area contributed by atoms with E-state index in [0.717, 1.165) is 0 Å². The summed E-state index contributed by atoms with van der Waals surface area (Å²) in [5.74, 6) is 0.724. The SMILES string of the molecule is O=C(c1cccc(-c2noc(-c3ccc(Cl)nc3)n2)c1)N1CCOCC1. The van der Waals surface area contributed by atoms with Crippen molar-refractivity contribution in [1.29, 1.82) is 0 Å². The molecule has 4 rings (SSSR count). The molecule has 1 amide bonds. The van der Waals surface area contributed by atoms with Gasteiger partial charge in [0, 0.05) is 30.4 Å². The van der Waals surface area contributed by atoms with E-state index in [-0.39, 0.29) is 5.91 Å². The van der Waals surface area contributed by atoms with Gasteiger partial charge >= 0.3 is 0 Å². The molecule has 1 saturated heterocycles. The number of amides is 1. The lowest BCUT2D eigenvalue weighted by molar-refractivity contribution is 0.0303. The van der Waals surface area contributed by atoms with Crippen LogP contribution in [-0.2, 0) is 4.74 Å². The molecule has 0 bridgehead atoms. The van der Waals surface area contributed by atoms with Crippen molar-refractivity contribution >= 4 is 17.5 Å². The molecule has 1 aliphatic rings. The van der Waals surface area contributed by atoms with Crippen molar-refractivity contribution in [3.63, 3.8) is 0 Å². The maximum atomic E-state index is 12.6. The number of benzene rings is 1. The molecule has 7 nitrogen and oxygen atoms in total. The van der Waals surface area contributed by atoms with Crippen molar-refractivity contribution in [2.75, 3.05) is 26.3 Å². The monoisotopic (exact) mass is 370 g/mol. The van der Waals surface area contributed by atoms with Crippen LogP contribution in [0, 0.1) is 0 Å². The molecular formula is C18H15ClN4O3. The van der Waals surface area contributed by atoms with E-state index in [1.54, 1.807) is 35.4 Å². The number of carbonyl (C=O) groups excluding carboxylic acids is 1. The van der Waals surface area contributed by atoms with Crippen LogP contribution in [0.5, 0.6) is 0 Å². The molecule has 132 valence electrons. The second kappa shape index (κ2) is 7.23. The molecule has 3 heterocycles. The minimum absolute atomic E-state index is 0.0271. The van der Waals surface area contributed by atoms with E-state index < -0.39 is 0 Å². The molecule has 1 fully saturated rings. The minimum Gasteiger partial charge on any atom is -0.378 e. The summed E-state index contributed by atoms with van der Waals surface area (Å²) in [6, 6.07) is 10.6. The average molecular weight is 371 g/mol. The van der Waals surface area contributed by atoms with Gasteiger partial charge in [-0.15, -0.1) is 0 Å². The van der Waals surface area contributed by atoms with E-state index in [4.69, 9.17) is 20.9 Å². The number of pyridine rings is 1. The van der Waals surface area contributed by atoms with E-state index in [9.17, 15) is 4.79 Å². The van der Waals surface area contributed by atoms with E-state index in [1.165, 1.54) is 0 Å². The first kappa shape index (κ1) is 16.7. The number of carbonyl (C=O) groups is 1. The summed E-state index contributed by atoms with van der Waals surface area (Å²) in [5, 5.41) is 4.40. The molecule has 3 aromatic rings. The smallest absolute Gasteiger partial charge is 0.259 e. The van der Waals surface area contributed by atoms with Gasteiger partial charge in [0.1, 0.15) is 5.15 Å². The lowest BCUT2D eigenvalue weighted by atomic mass is 10.1. The highest BCUT2D eigenvalue weighted by atomic mass is 35.5. The van der Waals surface area contributed by atoms with Crippen LogP contribution >= 0.6 is 11.6 Å². The Bertz CT molecular complexity index is 920. The van der Waals surface area contributed by atoms with Crippen molar-refractivity contribution in [1.82, 2.24) is 20.0 Å². The molecular weight excluding hydrogens is 356 g/mol. The Morgan fingerprint density at radius 3 is 2.73 bits per heavy atom. The standard InChI is InChI=1S/C18H15ClN4O3/c19-15-5-4-14(11-20-15)17-21-16(22-26-17)12-2-1-3-13(10-12)18(24)23-6-8-25-9-7-23/h1-5,10-11H,6-9H2. The first-order valence-corrected chi connectivity index (χ1v) is 8.51. The van der Waals surface area contributed by atoms with Crippen LogP contribution in [0.1, 0.15) is 10.4 Å². The van der Waals surface area contributed by atoms with Gasteiger partial charge in [-0.25, -0.2) is 4.98 Å². The number of hydrogen-bond donors (Lipinski definition) is 0. The number of nitrogens with zero attached hydrogens (tertiary/aromatic N) is 4. The summed E-state index contributed by atoms with van der Waals surface area (Å²) in [5.41, 5.74) is 1.97. The predicted molar refractivity (Wildman–Crippen MR) is 94.7 cm³/mol. The number of rotatable bonds is 3. The van der Waals surface area contributed by atoms with Gasteiger partial charge in [-0.3, -0.25) is 4.79 Å². The Labute approximate surface area is 154 Å². The first-order chi connectivity index (χ1) is 12.7. The first-order valence-electron chi connectivity index (χ1n) is 8.14. The van der Waals surface area contributed by atoms with Crippen molar-refractivity contribution < 1.29 is 14.1 Å². The molecule has 1 aliphatic heterocycles. The van der Waals surface area contributed by atoms with Gasteiger partial charge in [0.15, 0.2) is 0 Å². The van der Waals surface area contributed by atoms with E-state index in [1.807, 2.05) is 12.1 Å². The summed E-state index contributed by atoms with van der Waals surface area (Å²) in [6.07, 6.45) is 1.57. The number of halogens is 1. The fourth-order valence-corrected chi connectivity index (χ4v) is 2.81. The molecule has 0 N–H and O–H groups in total. The van der Waals surface area contributed by atoms with Crippen molar-refractivity contribution in [3.05, 3.63) is 53.3 Å². The summed E-state index contributed by atoms with van der Waals surface area (Å²) >= 11 is 5.79. The Morgan fingerprint density at radius 1 is 1.12 bits per heavy atom. The molecule has 0 spiro atoms. The minimum atomic E-state index is -0.0271. The molecule has 0 radical (unpaired) electrons. The third-order valence-corrected chi connectivity index (χ3v) is 4.29. The van der Waals surface area contributed by atoms with Crippen LogP contribution in [0.15, 0.2) is 47.1 Å². The van der Waals surface area contributed by atoms with Crippen molar-refractivity contribution in [2.45, 2.75) is 0 Å². The van der Waals surface area contributed by atoms with Crippen LogP contribution in [0.2, 0.25) is 5.15 Å². The second-order valence-corrected chi connectivity index (χ2v) is 6.17. The Kier molecular flexibility index (Phi) is 4.64. The number of ether oxygens (including phenoxy) is 1.